The number of hydrogen-bond donors (Lipinski definition) is 0. The monoisotopic (exact) mass is 525 g/mol. The Hall–Kier alpha value is -3.36. The van der Waals surface area contributed by atoms with E-state index in [9.17, 15) is 9.59 Å². The van der Waals surface area contributed by atoms with Gasteiger partial charge in [0.05, 0.1) is 31.7 Å². The van der Waals surface area contributed by atoms with Crippen LogP contribution >= 0.6 is 11.6 Å². The van der Waals surface area contributed by atoms with Gasteiger partial charge in [-0.1, -0.05) is 47.1 Å². The first kappa shape index (κ1) is 26.7. The number of hydrogen-bond acceptors (Lipinski definition) is 6. The Morgan fingerprint density at radius 3 is 2.54 bits per heavy atom. The van der Waals surface area contributed by atoms with Gasteiger partial charge in [0, 0.05) is 30.7 Å². The second-order valence-corrected chi connectivity index (χ2v) is 9.92. The van der Waals surface area contributed by atoms with Crippen LogP contribution in [0.4, 0.5) is 0 Å². The minimum Gasteiger partial charge on any atom is -0.490 e. The van der Waals surface area contributed by atoms with Crippen molar-refractivity contribution >= 4 is 23.4 Å². The normalized spacial score (nSPS) is 17.5. The van der Waals surface area contributed by atoms with Gasteiger partial charge >= 0.3 is 0 Å². The molecule has 1 fully saturated rings. The average Bonchev–Trinajstić information content (AvgIpc) is 3.21. The highest BCUT2D eigenvalue weighted by atomic mass is 35.5. The summed E-state index contributed by atoms with van der Waals surface area (Å²) in [6.07, 6.45) is 0.246. The fourth-order valence-electron chi connectivity index (χ4n) is 4.42. The van der Waals surface area contributed by atoms with Gasteiger partial charge in [0.15, 0.2) is 0 Å². The molecule has 1 saturated heterocycles. The van der Waals surface area contributed by atoms with E-state index in [0.29, 0.717) is 41.9 Å². The van der Waals surface area contributed by atoms with Gasteiger partial charge in [0.2, 0.25) is 11.8 Å². The average molecular weight is 526 g/mol. The van der Waals surface area contributed by atoms with Crippen LogP contribution in [-0.2, 0) is 27.3 Å². The number of aromatic nitrogens is 1. The fourth-order valence-corrected chi connectivity index (χ4v) is 4.55. The number of benzene rings is 2. The number of carbonyl (C=O) groups is 2. The Labute approximate surface area is 222 Å². The Balaban J connectivity index is 1.50. The number of rotatable bonds is 9. The summed E-state index contributed by atoms with van der Waals surface area (Å²) in [5.41, 5.74) is 1.52. The van der Waals surface area contributed by atoms with Crippen LogP contribution in [0.1, 0.15) is 29.0 Å². The van der Waals surface area contributed by atoms with E-state index in [1.807, 2.05) is 37.3 Å². The van der Waals surface area contributed by atoms with Gasteiger partial charge < -0.3 is 23.8 Å². The van der Waals surface area contributed by atoms with E-state index in [2.05, 4.69) is 5.16 Å². The summed E-state index contributed by atoms with van der Waals surface area (Å²) in [7, 11) is 1.77. The lowest BCUT2D eigenvalue weighted by atomic mass is 9.96. The van der Waals surface area contributed by atoms with E-state index in [1.165, 1.54) is 0 Å². The predicted molar refractivity (Wildman–Crippen MR) is 139 cm³/mol. The molecule has 1 aromatic heterocycles. The maximum atomic E-state index is 13.3. The number of amides is 2. The van der Waals surface area contributed by atoms with Gasteiger partial charge in [0.1, 0.15) is 23.7 Å². The third kappa shape index (κ3) is 6.90. The van der Waals surface area contributed by atoms with Crippen LogP contribution in [0.15, 0.2) is 59.1 Å². The first-order valence-electron chi connectivity index (χ1n) is 12.2. The second-order valence-electron chi connectivity index (χ2n) is 9.48. The van der Waals surface area contributed by atoms with Crippen molar-refractivity contribution in [1.29, 1.82) is 0 Å². The molecule has 0 saturated carbocycles. The smallest absolute Gasteiger partial charge is 0.227 e. The molecule has 8 nitrogen and oxygen atoms in total. The van der Waals surface area contributed by atoms with Crippen molar-refractivity contribution in [3.05, 3.63) is 82.2 Å². The molecule has 1 atom stereocenters. The summed E-state index contributed by atoms with van der Waals surface area (Å²) in [6.45, 7) is 5.16. The number of carbonyl (C=O) groups excluding carboxylic acids is 2. The standard InChI is InChI=1S/C28H32ClN3O5/c1-20-25(21(2)37-30-20)15-26(33)32-13-14-36-28(18-32,19-35-24-11-9-23(29)10-12-24)16-27(34)31(3)17-22-7-5-4-6-8-22/h4-12H,13-19H2,1-3H3/t28-/m0/s1. The van der Waals surface area contributed by atoms with Crippen LogP contribution in [0.25, 0.3) is 0 Å². The molecule has 196 valence electrons. The third-order valence-corrected chi connectivity index (χ3v) is 6.84. The zero-order valence-corrected chi connectivity index (χ0v) is 22.2. The largest absolute Gasteiger partial charge is 0.490 e. The summed E-state index contributed by atoms with van der Waals surface area (Å²) in [5.74, 6) is 1.08. The summed E-state index contributed by atoms with van der Waals surface area (Å²) < 4.78 is 17.5. The van der Waals surface area contributed by atoms with Gasteiger partial charge in [-0.2, -0.15) is 0 Å². The molecule has 2 aromatic carbocycles. The highest BCUT2D eigenvalue weighted by Crippen LogP contribution is 2.27. The molecular weight excluding hydrogens is 494 g/mol. The molecule has 0 radical (unpaired) electrons. The lowest BCUT2D eigenvalue weighted by Gasteiger charge is -2.42. The topological polar surface area (TPSA) is 85.1 Å². The molecule has 2 heterocycles. The lowest BCUT2D eigenvalue weighted by Crippen LogP contribution is -2.58. The molecule has 0 bridgehead atoms. The molecule has 3 aromatic rings. The minimum atomic E-state index is -1.01. The fraction of sp³-hybridized carbons (Fsp3) is 0.393. The highest BCUT2D eigenvalue weighted by Gasteiger charge is 2.42. The number of nitrogens with zero attached hydrogens (tertiary/aromatic N) is 3. The van der Waals surface area contributed by atoms with Crippen molar-refractivity contribution in [3.63, 3.8) is 0 Å². The van der Waals surface area contributed by atoms with E-state index >= 15 is 0 Å². The molecule has 1 aliphatic rings. The van der Waals surface area contributed by atoms with Crippen molar-refractivity contribution < 1.29 is 23.6 Å². The van der Waals surface area contributed by atoms with Crippen LogP contribution in [0.5, 0.6) is 5.75 Å². The molecule has 0 spiro atoms. The zero-order chi connectivity index (χ0) is 26.4. The maximum absolute atomic E-state index is 13.3. The van der Waals surface area contributed by atoms with Crippen molar-refractivity contribution in [1.82, 2.24) is 15.0 Å². The molecule has 4 rings (SSSR count). The molecular formula is C28H32ClN3O5. The quantitative estimate of drug-likeness (QED) is 0.416. The maximum Gasteiger partial charge on any atom is 0.227 e. The predicted octanol–water partition coefficient (Wildman–Crippen LogP) is 4.21. The molecule has 37 heavy (non-hydrogen) atoms. The summed E-state index contributed by atoms with van der Waals surface area (Å²) >= 11 is 6.01. The van der Waals surface area contributed by atoms with E-state index in [4.69, 9.17) is 25.6 Å². The van der Waals surface area contributed by atoms with Crippen LogP contribution in [0.2, 0.25) is 5.02 Å². The zero-order valence-electron chi connectivity index (χ0n) is 21.4. The first-order valence-corrected chi connectivity index (χ1v) is 12.6. The Kier molecular flexibility index (Phi) is 8.51. The molecule has 0 aliphatic carbocycles. The molecule has 9 heteroatoms. The Morgan fingerprint density at radius 1 is 1.14 bits per heavy atom. The Morgan fingerprint density at radius 2 is 1.86 bits per heavy atom. The number of ether oxygens (including phenoxy) is 2. The first-order chi connectivity index (χ1) is 17.7. The van der Waals surface area contributed by atoms with Gasteiger partial charge in [0.25, 0.3) is 0 Å². The van der Waals surface area contributed by atoms with E-state index < -0.39 is 5.60 Å². The van der Waals surface area contributed by atoms with E-state index in [-0.39, 0.29) is 37.8 Å². The highest BCUT2D eigenvalue weighted by molar-refractivity contribution is 6.30. The molecule has 1 aliphatic heterocycles. The van der Waals surface area contributed by atoms with Gasteiger partial charge in [-0.15, -0.1) is 0 Å². The Bertz CT molecular complexity index is 1190. The van der Waals surface area contributed by atoms with Crippen LogP contribution in [0, 0.1) is 13.8 Å². The minimum absolute atomic E-state index is 0.0685. The molecule has 2 amide bonds. The van der Waals surface area contributed by atoms with Crippen molar-refractivity contribution in [2.75, 3.05) is 33.4 Å². The van der Waals surface area contributed by atoms with Crippen molar-refractivity contribution in [2.24, 2.45) is 0 Å². The second kappa shape index (κ2) is 11.8. The number of morpholine rings is 1. The van der Waals surface area contributed by atoms with Crippen LogP contribution in [-0.4, -0.2) is 65.7 Å². The number of aryl methyl sites for hydroxylation is 2. The van der Waals surface area contributed by atoms with Gasteiger partial charge in [-0.05, 0) is 43.7 Å². The van der Waals surface area contributed by atoms with Gasteiger partial charge in [-0.25, -0.2) is 0 Å². The SMILES string of the molecule is Cc1noc(C)c1CC(=O)N1CCO[C@@](COc2ccc(Cl)cc2)(CC(=O)N(C)Cc2ccccc2)C1. The van der Waals surface area contributed by atoms with Crippen LogP contribution in [0.3, 0.4) is 0 Å². The van der Waals surface area contributed by atoms with Crippen LogP contribution < -0.4 is 4.74 Å². The molecule has 0 unspecified atom stereocenters. The summed E-state index contributed by atoms with van der Waals surface area (Å²) in [4.78, 5) is 30.0. The lowest BCUT2D eigenvalue weighted by molar-refractivity contribution is -0.165. The number of halogens is 1. The van der Waals surface area contributed by atoms with E-state index in [0.717, 1.165) is 11.1 Å². The third-order valence-electron chi connectivity index (χ3n) is 6.59. The van der Waals surface area contributed by atoms with E-state index in [1.54, 1.807) is 48.0 Å². The summed E-state index contributed by atoms with van der Waals surface area (Å²) in [5, 5.41) is 4.56. The van der Waals surface area contributed by atoms with Crippen molar-refractivity contribution in [2.45, 2.75) is 38.8 Å². The summed E-state index contributed by atoms with van der Waals surface area (Å²) in [6, 6.07) is 16.8. The molecule has 0 N–H and O–H groups in total. The van der Waals surface area contributed by atoms with Crippen molar-refractivity contribution in [3.8, 4) is 5.75 Å². The van der Waals surface area contributed by atoms with Gasteiger partial charge in [-0.3, -0.25) is 9.59 Å².